The summed E-state index contributed by atoms with van der Waals surface area (Å²) >= 11 is 0. The van der Waals surface area contributed by atoms with E-state index in [1.165, 1.54) is 0 Å². The monoisotopic (exact) mass is 273 g/mol. The van der Waals surface area contributed by atoms with E-state index in [4.69, 9.17) is 5.11 Å². The normalized spacial score (nSPS) is 9.80. The average molecular weight is 273 g/mol. The summed E-state index contributed by atoms with van der Waals surface area (Å²) in [5, 5.41) is 8.73. The van der Waals surface area contributed by atoms with Crippen molar-refractivity contribution in [3.63, 3.8) is 0 Å². The Balaban J connectivity index is 2.77. The van der Waals surface area contributed by atoms with E-state index in [2.05, 4.69) is 13.2 Å². The SMILES string of the molecule is C=CCCN(Cc1ccccc1)C(=O)C(=C)CC(=O)O. The number of aliphatic carboxylic acids is 1. The van der Waals surface area contributed by atoms with Crippen LogP contribution in [-0.2, 0) is 16.1 Å². The maximum absolute atomic E-state index is 12.2. The number of rotatable bonds is 8. The fourth-order valence-electron chi connectivity index (χ4n) is 1.79. The molecule has 0 saturated heterocycles. The molecule has 0 aliphatic carbocycles. The largest absolute Gasteiger partial charge is 0.481 e. The molecule has 0 aliphatic heterocycles. The van der Waals surface area contributed by atoms with Gasteiger partial charge in [0, 0.05) is 18.7 Å². The Bertz CT molecular complexity index is 494. The maximum Gasteiger partial charge on any atom is 0.308 e. The Hall–Kier alpha value is -2.36. The van der Waals surface area contributed by atoms with Gasteiger partial charge in [0.1, 0.15) is 0 Å². The van der Waals surface area contributed by atoms with Crippen LogP contribution >= 0.6 is 0 Å². The number of hydrogen-bond donors (Lipinski definition) is 1. The molecule has 0 aliphatic rings. The van der Waals surface area contributed by atoms with Gasteiger partial charge in [0.15, 0.2) is 0 Å². The minimum absolute atomic E-state index is 0.0949. The summed E-state index contributed by atoms with van der Waals surface area (Å²) in [4.78, 5) is 24.5. The molecule has 0 unspecified atom stereocenters. The molecule has 0 fully saturated rings. The van der Waals surface area contributed by atoms with E-state index in [9.17, 15) is 9.59 Å². The predicted octanol–water partition coefficient (Wildman–Crippen LogP) is 2.62. The fourth-order valence-corrected chi connectivity index (χ4v) is 1.79. The third-order valence-electron chi connectivity index (χ3n) is 2.77. The van der Waals surface area contributed by atoms with Gasteiger partial charge < -0.3 is 10.0 Å². The van der Waals surface area contributed by atoms with Gasteiger partial charge in [0.25, 0.3) is 0 Å². The molecular weight excluding hydrogens is 254 g/mol. The smallest absolute Gasteiger partial charge is 0.308 e. The minimum atomic E-state index is -1.05. The third kappa shape index (κ3) is 5.10. The number of carbonyl (C=O) groups is 2. The van der Waals surface area contributed by atoms with Crippen LogP contribution in [0.5, 0.6) is 0 Å². The number of carboxylic acids is 1. The molecule has 0 aromatic heterocycles. The van der Waals surface area contributed by atoms with Crippen LogP contribution in [0.3, 0.4) is 0 Å². The molecule has 0 atom stereocenters. The number of amides is 1. The highest BCUT2D eigenvalue weighted by Crippen LogP contribution is 2.11. The van der Waals surface area contributed by atoms with Crippen LogP contribution in [-0.4, -0.2) is 28.4 Å². The summed E-state index contributed by atoms with van der Waals surface area (Å²) in [5.74, 6) is -1.37. The second kappa shape index (κ2) is 7.94. The number of carbonyl (C=O) groups excluding carboxylic acids is 1. The molecule has 1 N–H and O–H groups in total. The van der Waals surface area contributed by atoms with Crippen molar-refractivity contribution in [2.45, 2.75) is 19.4 Å². The van der Waals surface area contributed by atoms with E-state index in [0.717, 1.165) is 5.56 Å². The first-order chi connectivity index (χ1) is 9.54. The average Bonchev–Trinajstić information content (AvgIpc) is 2.43. The van der Waals surface area contributed by atoms with Gasteiger partial charge in [-0.3, -0.25) is 9.59 Å². The van der Waals surface area contributed by atoms with Gasteiger partial charge in [-0.15, -0.1) is 6.58 Å². The first kappa shape index (κ1) is 15.7. The quantitative estimate of drug-likeness (QED) is 0.585. The van der Waals surface area contributed by atoms with Crippen LogP contribution in [0.4, 0.5) is 0 Å². The zero-order valence-corrected chi connectivity index (χ0v) is 11.4. The topological polar surface area (TPSA) is 57.6 Å². The minimum Gasteiger partial charge on any atom is -0.481 e. The molecule has 0 bridgehead atoms. The molecule has 0 radical (unpaired) electrons. The summed E-state index contributed by atoms with van der Waals surface area (Å²) in [6.07, 6.45) is 2.04. The molecule has 0 saturated carbocycles. The number of nitrogens with zero attached hydrogens (tertiary/aromatic N) is 1. The van der Waals surface area contributed by atoms with E-state index >= 15 is 0 Å². The Kier molecular flexibility index (Phi) is 6.23. The van der Waals surface area contributed by atoms with Crippen molar-refractivity contribution in [3.8, 4) is 0 Å². The van der Waals surface area contributed by atoms with Crippen LogP contribution in [0.2, 0.25) is 0 Å². The van der Waals surface area contributed by atoms with E-state index in [0.29, 0.717) is 19.5 Å². The molecular formula is C16H19NO3. The van der Waals surface area contributed by atoms with Gasteiger partial charge in [0.2, 0.25) is 5.91 Å². The Morgan fingerprint density at radius 2 is 1.90 bits per heavy atom. The summed E-state index contributed by atoms with van der Waals surface area (Å²) < 4.78 is 0. The Labute approximate surface area is 119 Å². The molecule has 20 heavy (non-hydrogen) atoms. The van der Waals surface area contributed by atoms with Crippen LogP contribution in [0, 0.1) is 0 Å². The summed E-state index contributed by atoms with van der Waals surface area (Å²) in [7, 11) is 0. The van der Waals surface area contributed by atoms with Crippen LogP contribution in [0.25, 0.3) is 0 Å². The van der Waals surface area contributed by atoms with Crippen molar-refractivity contribution in [2.75, 3.05) is 6.54 Å². The summed E-state index contributed by atoms with van der Waals surface area (Å²) in [6, 6.07) is 9.56. The van der Waals surface area contributed by atoms with Crippen LogP contribution < -0.4 is 0 Å². The lowest BCUT2D eigenvalue weighted by Gasteiger charge is -2.23. The highest BCUT2D eigenvalue weighted by Gasteiger charge is 2.18. The zero-order chi connectivity index (χ0) is 15.0. The summed E-state index contributed by atoms with van der Waals surface area (Å²) in [5.41, 5.74) is 1.09. The lowest BCUT2D eigenvalue weighted by atomic mass is 10.1. The Morgan fingerprint density at radius 3 is 2.45 bits per heavy atom. The lowest BCUT2D eigenvalue weighted by molar-refractivity contribution is -0.138. The second-order valence-electron chi connectivity index (χ2n) is 4.46. The van der Waals surface area contributed by atoms with Gasteiger partial charge in [-0.2, -0.15) is 0 Å². The van der Waals surface area contributed by atoms with Crippen molar-refractivity contribution in [2.24, 2.45) is 0 Å². The fraction of sp³-hybridized carbons (Fsp3) is 0.250. The van der Waals surface area contributed by atoms with Gasteiger partial charge >= 0.3 is 5.97 Å². The first-order valence-electron chi connectivity index (χ1n) is 6.38. The van der Waals surface area contributed by atoms with Crippen molar-refractivity contribution in [3.05, 3.63) is 60.7 Å². The van der Waals surface area contributed by atoms with Crippen molar-refractivity contribution in [1.29, 1.82) is 0 Å². The standard InChI is InChI=1S/C16H19NO3/c1-3-4-10-17(12-14-8-6-5-7-9-14)16(20)13(2)11-15(18)19/h3,5-9H,1-2,4,10-12H2,(H,18,19). The molecule has 1 aromatic carbocycles. The van der Waals surface area contributed by atoms with Gasteiger partial charge in [-0.25, -0.2) is 0 Å². The molecule has 1 rings (SSSR count). The first-order valence-corrected chi connectivity index (χ1v) is 6.38. The molecule has 4 nitrogen and oxygen atoms in total. The van der Waals surface area contributed by atoms with Crippen molar-refractivity contribution in [1.82, 2.24) is 4.90 Å². The summed E-state index contributed by atoms with van der Waals surface area (Å²) in [6.45, 7) is 8.14. The zero-order valence-electron chi connectivity index (χ0n) is 11.4. The molecule has 0 heterocycles. The molecule has 106 valence electrons. The number of benzene rings is 1. The molecule has 1 amide bonds. The highest BCUT2D eigenvalue weighted by molar-refractivity contribution is 5.96. The van der Waals surface area contributed by atoms with Gasteiger partial charge in [-0.1, -0.05) is 43.0 Å². The predicted molar refractivity (Wildman–Crippen MR) is 78.1 cm³/mol. The highest BCUT2D eigenvalue weighted by atomic mass is 16.4. The maximum atomic E-state index is 12.2. The van der Waals surface area contributed by atoms with E-state index in [1.807, 2.05) is 30.3 Å². The third-order valence-corrected chi connectivity index (χ3v) is 2.77. The molecule has 1 aromatic rings. The van der Waals surface area contributed by atoms with E-state index < -0.39 is 5.97 Å². The van der Waals surface area contributed by atoms with Crippen molar-refractivity contribution >= 4 is 11.9 Å². The lowest BCUT2D eigenvalue weighted by Crippen LogP contribution is -2.32. The van der Waals surface area contributed by atoms with Gasteiger partial charge in [0.05, 0.1) is 6.42 Å². The number of carboxylic acid groups (broad SMARTS) is 1. The Morgan fingerprint density at radius 1 is 1.25 bits per heavy atom. The number of hydrogen-bond acceptors (Lipinski definition) is 2. The van der Waals surface area contributed by atoms with Crippen LogP contribution in [0.1, 0.15) is 18.4 Å². The second-order valence-corrected chi connectivity index (χ2v) is 4.46. The van der Waals surface area contributed by atoms with Crippen molar-refractivity contribution < 1.29 is 14.7 Å². The molecule has 0 spiro atoms. The molecule has 4 heteroatoms. The van der Waals surface area contributed by atoms with Crippen LogP contribution in [0.15, 0.2) is 55.1 Å². The van der Waals surface area contributed by atoms with E-state index in [-0.39, 0.29) is 17.9 Å². The van der Waals surface area contributed by atoms with Gasteiger partial charge in [-0.05, 0) is 12.0 Å². The van der Waals surface area contributed by atoms with E-state index in [1.54, 1.807) is 11.0 Å².